The molecule has 0 amide bonds. The highest BCUT2D eigenvalue weighted by molar-refractivity contribution is 6.30. The topological polar surface area (TPSA) is 34.9 Å². The van der Waals surface area contributed by atoms with Crippen LogP contribution in [0.1, 0.15) is 11.1 Å². The number of carbonyl (C=O) groups is 1. The molecule has 0 unspecified atom stereocenters. The lowest BCUT2D eigenvalue weighted by atomic mass is 10.2. The van der Waals surface area contributed by atoms with Crippen molar-refractivity contribution >= 4 is 17.9 Å². The summed E-state index contributed by atoms with van der Waals surface area (Å²) in [4.78, 5) is 10.4. The predicted molar refractivity (Wildman–Crippen MR) is 62.5 cm³/mol. The predicted octanol–water partition coefficient (Wildman–Crippen LogP) is 2.33. The zero-order valence-electron chi connectivity index (χ0n) is 8.64. The van der Waals surface area contributed by atoms with Gasteiger partial charge in [0.05, 0.1) is 12.7 Å². The van der Waals surface area contributed by atoms with Crippen LogP contribution in [-0.2, 0) is 17.8 Å². The maximum Gasteiger partial charge on any atom is 0.131 e. The van der Waals surface area contributed by atoms with Crippen LogP contribution in [0.3, 0.4) is 0 Å². The molecule has 82 valence electrons. The molecule has 3 nitrogen and oxygen atoms in total. The van der Waals surface area contributed by atoms with Crippen LogP contribution in [0.15, 0.2) is 36.5 Å². The third-order valence-corrected chi connectivity index (χ3v) is 2.76. The first-order chi connectivity index (χ1) is 7.81. The molecule has 2 aromatic rings. The number of carbonyl (C=O) groups excluding carboxylic acids is 1. The van der Waals surface area contributed by atoms with E-state index in [-0.39, 0.29) is 0 Å². The van der Waals surface area contributed by atoms with Crippen molar-refractivity contribution in [3.05, 3.63) is 52.8 Å². The van der Waals surface area contributed by atoms with Gasteiger partial charge in [-0.25, -0.2) is 4.68 Å². The SMILES string of the molecule is O=CCc1cnn(Cc2ccccc2)c1Cl. The summed E-state index contributed by atoms with van der Waals surface area (Å²) in [5.74, 6) is 0. The third kappa shape index (κ3) is 2.31. The van der Waals surface area contributed by atoms with E-state index in [2.05, 4.69) is 5.10 Å². The van der Waals surface area contributed by atoms with Crippen molar-refractivity contribution in [2.75, 3.05) is 0 Å². The smallest absolute Gasteiger partial charge is 0.131 e. The average molecular weight is 235 g/mol. The van der Waals surface area contributed by atoms with Crippen molar-refractivity contribution in [1.29, 1.82) is 0 Å². The molecular weight excluding hydrogens is 224 g/mol. The summed E-state index contributed by atoms with van der Waals surface area (Å²) >= 11 is 6.09. The number of hydrogen-bond acceptors (Lipinski definition) is 2. The van der Waals surface area contributed by atoms with Crippen molar-refractivity contribution in [2.45, 2.75) is 13.0 Å². The van der Waals surface area contributed by atoms with Gasteiger partial charge in [0.1, 0.15) is 11.4 Å². The fourth-order valence-corrected chi connectivity index (χ4v) is 1.73. The lowest BCUT2D eigenvalue weighted by Gasteiger charge is -2.03. The molecule has 0 atom stereocenters. The molecule has 16 heavy (non-hydrogen) atoms. The van der Waals surface area contributed by atoms with Crippen molar-refractivity contribution in [3.8, 4) is 0 Å². The first-order valence-corrected chi connectivity index (χ1v) is 5.37. The van der Waals surface area contributed by atoms with Crippen LogP contribution in [0, 0.1) is 0 Å². The Bertz CT molecular complexity index is 479. The lowest BCUT2D eigenvalue weighted by molar-refractivity contribution is -0.107. The van der Waals surface area contributed by atoms with Gasteiger partial charge in [0.25, 0.3) is 0 Å². The molecule has 0 N–H and O–H groups in total. The summed E-state index contributed by atoms with van der Waals surface area (Å²) in [6.45, 7) is 0.624. The van der Waals surface area contributed by atoms with Gasteiger partial charge in [-0.15, -0.1) is 0 Å². The fraction of sp³-hybridized carbons (Fsp3) is 0.167. The Morgan fingerprint density at radius 3 is 2.75 bits per heavy atom. The largest absolute Gasteiger partial charge is 0.303 e. The Hall–Kier alpha value is -1.61. The van der Waals surface area contributed by atoms with Crippen molar-refractivity contribution in [1.82, 2.24) is 9.78 Å². The number of nitrogens with zero attached hydrogens (tertiary/aromatic N) is 2. The number of hydrogen-bond donors (Lipinski definition) is 0. The summed E-state index contributed by atoms with van der Waals surface area (Å²) in [7, 11) is 0. The van der Waals surface area contributed by atoms with Gasteiger partial charge in [-0.1, -0.05) is 41.9 Å². The summed E-state index contributed by atoms with van der Waals surface area (Å²) in [5.41, 5.74) is 1.90. The zero-order chi connectivity index (χ0) is 11.4. The van der Waals surface area contributed by atoms with Crippen LogP contribution in [0.5, 0.6) is 0 Å². The third-order valence-electron chi connectivity index (χ3n) is 2.32. The highest BCUT2D eigenvalue weighted by atomic mass is 35.5. The molecular formula is C12H11ClN2O. The van der Waals surface area contributed by atoms with Crippen LogP contribution in [0.4, 0.5) is 0 Å². The molecule has 0 radical (unpaired) electrons. The Morgan fingerprint density at radius 1 is 1.31 bits per heavy atom. The monoisotopic (exact) mass is 234 g/mol. The second-order valence-corrected chi connectivity index (χ2v) is 3.83. The van der Waals surface area contributed by atoms with E-state index in [4.69, 9.17) is 11.6 Å². The molecule has 4 heteroatoms. The van der Waals surface area contributed by atoms with Gasteiger partial charge in [-0.05, 0) is 5.56 Å². The van der Waals surface area contributed by atoms with Gasteiger partial charge < -0.3 is 4.79 Å². The Balaban J connectivity index is 2.19. The van der Waals surface area contributed by atoms with E-state index in [0.717, 1.165) is 17.4 Å². The second kappa shape index (κ2) is 4.94. The van der Waals surface area contributed by atoms with Crippen molar-refractivity contribution < 1.29 is 4.79 Å². The van der Waals surface area contributed by atoms with Gasteiger partial charge in [0.2, 0.25) is 0 Å². The number of halogens is 1. The molecule has 0 aliphatic heterocycles. The Morgan fingerprint density at radius 2 is 2.06 bits per heavy atom. The minimum absolute atomic E-state index is 0.313. The van der Waals surface area contributed by atoms with Gasteiger partial charge >= 0.3 is 0 Å². The molecule has 2 rings (SSSR count). The molecule has 1 heterocycles. The molecule has 0 spiro atoms. The molecule has 0 saturated heterocycles. The summed E-state index contributed by atoms with van der Waals surface area (Å²) in [6, 6.07) is 9.93. The second-order valence-electron chi connectivity index (χ2n) is 3.47. The van der Waals surface area contributed by atoms with Gasteiger partial charge in [0, 0.05) is 12.0 Å². The molecule has 0 fully saturated rings. The minimum Gasteiger partial charge on any atom is -0.303 e. The highest BCUT2D eigenvalue weighted by Crippen LogP contribution is 2.16. The summed E-state index contributed by atoms with van der Waals surface area (Å²) in [5, 5.41) is 4.69. The van der Waals surface area contributed by atoms with E-state index in [0.29, 0.717) is 18.1 Å². The van der Waals surface area contributed by atoms with Gasteiger partial charge in [-0.2, -0.15) is 5.10 Å². The maximum atomic E-state index is 10.4. The first kappa shape index (κ1) is 10.9. The Labute approximate surface area is 98.7 Å². The molecule has 1 aromatic heterocycles. The standard InChI is InChI=1S/C12H11ClN2O/c13-12-11(6-7-16)8-14-15(12)9-10-4-2-1-3-5-10/h1-5,7-8H,6,9H2. The molecule has 1 aromatic carbocycles. The fourth-order valence-electron chi connectivity index (χ4n) is 1.50. The van der Waals surface area contributed by atoms with Crippen molar-refractivity contribution in [3.63, 3.8) is 0 Å². The van der Waals surface area contributed by atoms with E-state index in [1.54, 1.807) is 10.9 Å². The van der Waals surface area contributed by atoms with E-state index >= 15 is 0 Å². The van der Waals surface area contributed by atoms with Gasteiger partial charge in [0.15, 0.2) is 0 Å². The van der Waals surface area contributed by atoms with E-state index in [9.17, 15) is 4.79 Å². The molecule has 0 aliphatic rings. The van der Waals surface area contributed by atoms with Crippen LogP contribution in [-0.4, -0.2) is 16.1 Å². The lowest BCUT2D eigenvalue weighted by Crippen LogP contribution is -2.01. The first-order valence-electron chi connectivity index (χ1n) is 4.99. The number of aldehydes is 1. The van der Waals surface area contributed by atoms with Crippen molar-refractivity contribution in [2.24, 2.45) is 0 Å². The van der Waals surface area contributed by atoms with E-state index < -0.39 is 0 Å². The summed E-state index contributed by atoms with van der Waals surface area (Å²) in [6.07, 6.45) is 2.78. The summed E-state index contributed by atoms with van der Waals surface area (Å²) < 4.78 is 1.69. The molecule has 0 saturated carbocycles. The normalized spacial score (nSPS) is 10.3. The van der Waals surface area contributed by atoms with Crippen LogP contribution < -0.4 is 0 Å². The van der Waals surface area contributed by atoms with Crippen LogP contribution in [0.2, 0.25) is 5.15 Å². The van der Waals surface area contributed by atoms with Crippen LogP contribution >= 0.6 is 11.6 Å². The quantitative estimate of drug-likeness (QED) is 0.761. The van der Waals surface area contributed by atoms with E-state index in [1.807, 2.05) is 30.3 Å². The molecule has 0 bridgehead atoms. The van der Waals surface area contributed by atoms with Gasteiger partial charge in [-0.3, -0.25) is 0 Å². The highest BCUT2D eigenvalue weighted by Gasteiger charge is 2.07. The van der Waals surface area contributed by atoms with Crippen LogP contribution in [0.25, 0.3) is 0 Å². The zero-order valence-corrected chi connectivity index (χ0v) is 9.39. The maximum absolute atomic E-state index is 10.4. The number of rotatable bonds is 4. The number of benzene rings is 1. The van der Waals surface area contributed by atoms with E-state index in [1.165, 1.54) is 0 Å². The molecule has 0 aliphatic carbocycles. The Kier molecular flexibility index (Phi) is 3.37. The minimum atomic E-state index is 0.313. The average Bonchev–Trinajstić information content (AvgIpc) is 2.64. The number of aromatic nitrogens is 2.